The zero-order valence-corrected chi connectivity index (χ0v) is 9.51. The lowest BCUT2D eigenvalue weighted by molar-refractivity contribution is -0.135. The minimum Gasteiger partial charge on any atom is -0.373 e. The summed E-state index contributed by atoms with van der Waals surface area (Å²) in [5.74, 6) is 0. The van der Waals surface area contributed by atoms with Crippen molar-refractivity contribution in [2.24, 2.45) is 11.1 Å². The van der Waals surface area contributed by atoms with Crippen LogP contribution in [0.3, 0.4) is 0 Å². The van der Waals surface area contributed by atoms with Crippen molar-refractivity contribution in [3.8, 4) is 0 Å². The van der Waals surface area contributed by atoms with Crippen LogP contribution in [0.15, 0.2) is 0 Å². The van der Waals surface area contributed by atoms with Gasteiger partial charge in [0.2, 0.25) is 0 Å². The van der Waals surface area contributed by atoms with Crippen LogP contribution in [0.2, 0.25) is 0 Å². The van der Waals surface area contributed by atoms with Crippen LogP contribution in [0.25, 0.3) is 0 Å². The molecular formula is C12H23NO. The fraction of sp³-hybridized carbons (Fsp3) is 1.00. The van der Waals surface area contributed by atoms with Crippen LogP contribution in [-0.4, -0.2) is 18.2 Å². The van der Waals surface area contributed by atoms with Gasteiger partial charge >= 0.3 is 0 Å². The highest BCUT2D eigenvalue weighted by atomic mass is 16.5. The number of hydrogen-bond donors (Lipinski definition) is 1. The Morgan fingerprint density at radius 1 is 1.21 bits per heavy atom. The van der Waals surface area contributed by atoms with Crippen molar-refractivity contribution in [1.29, 1.82) is 0 Å². The van der Waals surface area contributed by atoms with Crippen LogP contribution in [0, 0.1) is 5.41 Å². The topological polar surface area (TPSA) is 35.2 Å². The van der Waals surface area contributed by atoms with E-state index >= 15 is 0 Å². The summed E-state index contributed by atoms with van der Waals surface area (Å²) in [4.78, 5) is 0. The van der Waals surface area contributed by atoms with Gasteiger partial charge in [0.1, 0.15) is 0 Å². The highest BCUT2D eigenvalue weighted by Crippen LogP contribution is 2.46. The maximum atomic E-state index is 6.24. The monoisotopic (exact) mass is 197 g/mol. The van der Waals surface area contributed by atoms with Crippen molar-refractivity contribution >= 4 is 0 Å². The molecule has 1 heterocycles. The molecule has 1 spiro atoms. The molecule has 2 heteroatoms. The molecule has 1 aliphatic heterocycles. The van der Waals surface area contributed by atoms with Gasteiger partial charge in [-0.2, -0.15) is 0 Å². The summed E-state index contributed by atoms with van der Waals surface area (Å²) in [6.07, 6.45) is 7.23. The highest BCUT2D eigenvalue weighted by molar-refractivity contribution is 5.01. The van der Waals surface area contributed by atoms with E-state index in [9.17, 15) is 0 Å². The average molecular weight is 197 g/mol. The van der Waals surface area contributed by atoms with Gasteiger partial charge < -0.3 is 10.5 Å². The quantitative estimate of drug-likeness (QED) is 0.647. The van der Waals surface area contributed by atoms with E-state index in [4.69, 9.17) is 10.5 Å². The minimum absolute atomic E-state index is 0.0278. The molecule has 2 N–H and O–H groups in total. The van der Waals surface area contributed by atoms with Crippen LogP contribution in [0.4, 0.5) is 0 Å². The molecule has 0 aromatic carbocycles. The second kappa shape index (κ2) is 3.49. The third kappa shape index (κ3) is 1.82. The molecule has 0 aromatic rings. The van der Waals surface area contributed by atoms with Crippen molar-refractivity contribution in [1.82, 2.24) is 0 Å². The lowest BCUT2D eigenvalue weighted by Crippen LogP contribution is -2.57. The van der Waals surface area contributed by atoms with E-state index in [1.54, 1.807) is 0 Å². The van der Waals surface area contributed by atoms with Gasteiger partial charge in [0, 0.05) is 12.6 Å². The Bertz CT molecular complexity index is 206. The molecule has 2 aliphatic rings. The molecule has 0 unspecified atom stereocenters. The maximum Gasteiger partial charge on any atom is 0.0837 e. The van der Waals surface area contributed by atoms with E-state index in [1.807, 2.05) is 0 Å². The normalized spacial score (nSPS) is 42.6. The highest BCUT2D eigenvalue weighted by Gasteiger charge is 2.46. The number of ether oxygens (including phenoxy) is 1. The van der Waals surface area contributed by atoms with Crippen molar-refractivity contribution < 1.29 is 4.74 Å². The average Bonchev–Trinajstić information content (AvgIpc) is 2.13. The van der Waals surface area contributed by atoms with Gasteiger partial charge in [-0.15, -0.1) is 0 Å². The summed E-state index contributed by atoms with van der Waals surface area (Å²) >= 11 is 0. The molecule has 2 nitrogen and oxygen atoms in total. The summed E-state index contributed by atoms with van der Waals surface area (Å²) in [6, 6.07) is 0.274. The number of hydrogen-bond acceptors (Lipinski definition) is 2. The molecule has 0 bridgehead atoms. The van der Waals surface area contributed by atoms with Crippen LogP contribution in [0.1, 0.15) is 52.4 Å². The van der Waals surface area contributed by atoms with Crippen molar-refractivity contribution in [3.63, 3.8) is 0 Å². The van der Waals surface area contributed by atoms with Crippen LogP contribution < -0.4 is 5.73 Å². The van der Waals surface area contributed by atoms with E-state index in [-0.39, 0.29) is 11.6 Å². The molecular weight excluding hydrogens is 174 g/mol. The first-order valence-corrected chi connectivity index (χ1v) is 5.94. The van der Waals surface area contributed by atoms with Crippen molar-refractivity contribution in [3.05, 3.63) is 0 Å². The molecule has 2 fully saturated rings. The van der Waals surface area contributed by atoms with Gasteiger partial charge in [-0.25, -0.2) is 0 Å². The molecule has 0 amide bonds. The first-order valence-electron chi connectivity index (χ1n) is 5.94. The van der Waals surface area contributed by atoms with Crippen LogP contribution >= 0.6 is 0 Å². The third-order valence-electron chi connectivity index (χ3n) is 3.97. The Balaban J connectivity index is 2.13. The summed E-state index contributed by atoms with van der Waals surface area (Å²) in [5, 5.41) is 0. The van der Waals surface area contributed by atoms with Gasteiger partial charge in [-0.05, 0) is 43.9 Å². The summed E-state index contributed by atoms with van der Waals surface area (Å²) in [6.45, 7) is 5.61. The SMILES string of the molecule is CC1(C)CC[C@H](N)[C@]2(CCCCO2)C1. The van der Waals surface area contributed by atoms with Crippen LogP contribution in [0.5, 0.6) is 0 Å². The first kappa shape index (κ1) is 10.4. The predicted molar refractivity (Wildman–Crippen MR) is 58.1 cm³/mol. The summed E-state index contributed by atoms with van der Waals surface area (Å²) in [5.41, 5.74) is 6.69. The van der Waals surface area contributed by atoms with Gasteiger partial charge in [0.15, 0.2) is 0 Å². The molecule has 2 rings (SSSR count). The number of rotatable bonds is 0. The van der Waals surface area contributed by atoms with Crippen LogP contribution in [-0.2, 0) is 4.74 Å². The fourth-order valence-electron chi connectivity index (χ4n) is 3.14. The number of nitrogens with two attached hydrogens (primary N) is 1. The first-order chi connectivity index (χ1) is 6.54. The van der Waals surface area contributed by atoms with Gasteiger partial charge in [-0.1, -0.05) is 13.8 Å². The van der Waals surface area contributed by atoms with Gasteiger partial charge in [0.05, 0.1) is 5.60 Å². The molecule has 1 saturated carbocycles. The van der Waals surface area contributed by atoms with Crippen molar-refractivity contribution in [2.75, 3.05) is 6.61 Å². The molecule has 2 atom stereocenters. The lowest BCUT2D eigenvalue weighted by Gasteiger charge is -2.50. The van der Waals surface area contributed by atoms with E-state index in [0.29, 0.717) is 5.41 Å². The minimum atomic E-state index is 0.0278. The second-order valence-corrected chi connectivity index (χ2v) is 5.86. The maximum absolute atomic E-state index is 6.24. The fourth-order valence-corrected chi connectivity index (χ4v) is 3.14. The van der Waals surface area contributed by atoms with E-state index in [2.05, 4.69) is 13.8 Å². The second-order valence-electron chi connectivity index (χ2n) is 5.86. The van der Waals surface area contributed by atoms with Gasteiger partial charge in [-0.3, -0.25) is 0 Å². The van der Waals surface area contributed by atoms with Crippen molar-refractivity contribution in [2.45, 2.75) is 64.0 Å². The Hall–Kier alpha value is -0.0800. The van der Waals surface area contributed by atoms with E-state index in [0.717, 1.165) is 19.4 Å². The Morgan fingerprint density at radius 2 is 2.00 bits per heavy atom. The summed E-state index contributed by atoms with van der Waals surface area (Å²) in [7, 11) is 0. The van der Waals surface area contributed by atoms with Gasteiger partial charge in [0.25, 0.3) is 0 Å². The zero-order chi connectivity index (χ0) is 10.2. The standard InChI is InChI=1S/C12H23NO/c1-11(2)7-5-10(13)12(9-11)6-3-4-8-14-12/h10H,3-9,13H2,1-2H3/t10-,12-/m0/s1. The Kier molecular flexibility index (Phi) is 2.61. The molecule has 0 aromatic heterocycles. The summed E-state index contributed by atoms with van der Waals surface area (Å²) < 4.78 is 6.03. The largest absolute Gasteiger partial charge is 0.373 e. The molecule has 1 saturated heterocycles. The third-order valence-corrected chi connectivity index (χ3v) is 3.97. The Morgan fingerprint density at radius 3 is 2.64 bits per heavy atom. The predicted octanol–water partition coefficient (Wildman–Crippen LogP) is 2.46. The van der Waals surface area contributed by atoms with E-state index < -0.39 is 0 Å². The smallest absolute Gasteiger partial charge is 0.0837 e. The Labute approximate surface area is 87.2 Å². The molecule has 82 valence electrons. The molecule has 1 aliphatic carbocycles. The molecule has 14 heavy (non-hydrogen) atoms. The molecule has 0 radical (unpaired) electrons. The zero-order valence-electron chi connectivity index (χ0n) is 9.51. The lowest BCUT2D eigenvalue weighted by atomic mass is 9.65. The van der Waals surface area contributed by atoms with E-state index in [1.165, 1.54) is 25.7 Å².